The zero-order valence-electron chi connectivity index (χ0n) is 15.9. The first-order chi connectivity index (χ1) is 13.0. The van der Waals surface area contributed by atoms with Crippen LogP contribution in [0.15, 0.2) is 54.6 Å². The van der Waals surface area contributed by atoms with Crippen molar-refractivity contribution in [1.29, 1.82) is 0 Å². The van der Waals surface area contributed by atoms with Crippen molar-refractivity contribution in [3.05, 3.63) is 65.7 Å². The fraction of sp³-hybridized carbons (Fsp3) is 0.364. The molecule has 3 rings (SSSR count). The van der Waals surface area contributed by atoms with Gasteiger partial charge in [0.2, 0.25) is 5.91 Å². The first-order valence-corrected chi connectivity index (χ1v) is 9.52. The zero-order valence-corrected chi connectivity index (χ0v) is 15.9. The monoisotopic (exact) mass is 365 g/mol. The van der Waals surface area contributed by atoms with Gasteiger partial charge in [-0.1, -0.05) is 50.2 Å². The van der Waals surface area contributed by atoms with Gasteiger partial charge in [0, 0.05) is 23.3 Å². The molecule has 3 N–H and O–H groups in total. The van der Waals surface area contributed by atoms with Crippen LogP contribution in [0.25, 0.3) is 0 Å². The van der Waals surface area contributed by atoms with Crippen LogP contribution in [0.5, 0.6) is 0 Å². The van der Waals surface area contributed by atoms with Crippen molar-refractivity contribution in [2.45, 2.75) is 38.8 Å². The molecule has 5 heteroatoms. The molecule has 1 fully saturated rings. The summed E-state index contributed by atoms with van der Waals surface area (Å²) >= 11 is 0. The van der Waals surface area contributed by atoms with Gasteiger partial charge in [-0.3, -0.25) is 9.59 Å². The molecule has 1 unspecified atom stereocenters. The molecular weight excluding hydrogens is 338 g/mol. The van der Waals surface area contributed by atoms with Gasteiger partial charge in [-0.05, 0) is 42.5 Å². The average molecular weight is 365 g/mol. The van der Waals surface area contributed by atoms with Gasteiger partial charge in [-0.25, -0.2) is 0 Å². The van der Waals surface area contributed by atoms with E-state index in [4.69, 9.17) is 0 Å². The highest BCUT2D eigenvalue weighted by atomic mass is 16.2. The Morgan fingerprint density at radius 2 is 1.78 bits per heavy atom. The third-order valence-corrected chi connectivity index (χ3v) is 4.63. The van der Waals surface area contributed by atoms with Crippen molar-refractivity contribution in [3.8, 4) is 0 Å². The number of benzene rings is 2. The number of rotatable bonds is 8. The van der Waals surface area contributed by atoms with Gasteiger partial charge in [0.05, 0.1) is 6.54 Å². The molecule has 5 nitrogen and oxygen atoms in total. The molecule has 1 aliphatic rings. The van der Waals surface area contributed by atoms with E-state index in [1.807, 2.05) is 18.2 Å². The summed E-state index contributed by atoms with van der Waals surface area (Å²) in [7, 11) is 0. The van der Waals surface area contributed by atoms with Crippen molar-refractivity contribution < 1.29 is 9.59 Å². The van der Waals surface area contributed by atoms with Crippen LogP contribution in [0.2, 0.25) is 0 Å². The van der Waals surface area contributed by atoms with Crippen LogP contribution in [-0.4, -0.2) is 24.4 Å². The Hall–Kier alpha value is -2.66. The number of carbonyl (C=O) groups excluding carboxylic acids is 2. The van der Waals surface area contributed by atoms with Crippen molar-refractivity contribution in [3.63, 3.8) is 0 Å². The molecule has 0 saturated heterocycles. The number of hydrogen-bond acceptors (Lipinski definition) is 3. The summed E-state index contributed by atoms with van der Waals surface area (Å²) < 4.78 is 0. The maximum Gasteiger partial charge on any atom is 0.251 e. The minimum atomic E-state index is -0.128. The predicted molar refractivity (Wildman–Crippen MR) is 108 cm³/mol. The number of carbonyl (C=O) groups is 2. The normalized spacial score (nSPS) is 14.6. The van der Waals surface area contributed by atoms with E-state index in [0.717, 1.165) is 12.8 Å². The Kier molecular flexibility index (Phi) is 6.24. The van der Waals surface area contributed by atoms with Gasteiger partial charge in [0.1, 0.15) is 0 Å². The summed E-state index contributed by atoms with van der Waals surface area (Å²) in [6, 6.07) is 17.6. The van der Waals surface area contributed by atoms with E-state index < -0.39 is 0 Å². The Morgan fingerprint density at radius 1 is 1.04 bits per heavy atom. The summed E-state index contributed by atoms with van der Waals surface area (Å²) in [6.07, 6.45) is 2.10. The zero-order chi connectivity index (χ0) is 19.2. The minimum Gasteiger partial charge on any atom is -0.349 e. The fourth-order valence-corrected chi connectivity index (χ4v) is 3.04. The van der Waals surface area contributed by atoms with Crippen LogP contribution >= 0.6 is 0 Å². The number of anilines is 1. The van der Waals surface area contributed by atoms with Crippen molar-refractivity contribution >= 4 is 17.5 Å². The molecule has 1 aliphatic carbocycles. The van der Waals surface area contributed by atoms with Gasteiger partial charge in [0.15, 0.2) is 0 Å². The highest BCUT2D eigenvalue weighted by Crippen LogP contribution is 2.21. The summed E-state index contributed by atoms with van der Waals surface area (Å²) in [5.41, 5.74) is 2.36. The number of amides is 2. The van der Waals surface area contributed by atoms with Gasteiger partial charge >= 0.3 is 0 Å². The molecule has 0 radical (unpaired) electrons. The molecule has 27 heavy (non-hydrogen) atoms. The summed E-state index contributed by atoms with van der Waals surface area (Å²) in [4.78, 5) is 24.5. The lowest BCUT2D eigenvalue weighted by atomic mass is 9.96. The second kappa shape index (κ2) is 8.82. The molecular formula is C22H27N3O2. The first kappa shape index (κ1) is 19.1. The van der Waals surface area contributed by atoms with Gasteiger partial charge < -0.3 is 16.0 Å². The standard InChI is InChI=1S/C22H27N3O2/c1-15(2)21(16-7-4-3-5-8-16)23-14-20(26)24-19-10-6-9-17(13-19)22(27)25-18-11-12-18/h3-10,13,15,18,21,23H,11-12,14H2,1-2H3,(H,24,26)(H,25,27). The SMILES string of the molecule is CC(C)C(NCC(=O)Nc1cccc(C(=O)NC2CC2)c1)c1ccccc1. The highest BCUT2D eigenvalue weighted by Gasteiger charge is 2.24. The Morgan fingerprint density at radius 3 is 2.44 bits per heavy atom. The number of hydrogen-bond donors (Lipinski definition) is 3. The van der Waals surface area contributed by atoms with E-state index in [2.05, 4.69) is 41.9 Å². The molecule has 142 valence electrons. The molecule has 2 aromatic rings. The summed E-state index contributed by atoms with van der Waals surface area (Å²) in [6.45, 7) is 4.46. The van der Waals surface area contributed by atoms with Crippen LogP contribution in [0.3, 0.4) is 0 Å². The van der Waals surface area contributed by atoms with Crippen molar-refractivity contribution in [2.75, 3.05) is 11.9 Å². The van der Waals surface area contributed by atoms with Crippen molar-refractivity contribution in [1.82, 2.24) is 10.6 Å². The second-order valence-corrected chi connectivity index (χ2v) is 7.39. The predicted octanol–water partition coefficient (Wildman–Crippen LogP) is 3.50. The molecule has 0 spiro atoms. The molecule has 0 heterocycles. The topological polar surface area (TPSA) is 70.2 Å². The Labute approximate surface area is 160 Å². The number of nitrogens with one attached hydrogen (secondary N) is 3. The van der Waals surface area contributed by atoms with E-state index in [0.29, 0.717) is 23.2 Å². The molecule has 0 aliphatic heterocycles. The fourth-order valence-electron chi connectivity index (χ4n) is 3.04. The van der Waals surface area contributed by atoms with E-state index in [-0.39, 0.29) is 24.4 Å². The Bertz CT molecular complexity index is 785. The van der Waals surface area contributed by atoms with E-state index in [1.54, 1.807) is 24.3 Å². The molecule has 2 amide bonds. The lowest BCUT2D eigenvalue weighted by molar-refractivity contribution is -0.115. The van der Waals surface area contributed by atoms with Crippen LogP contribution in [0.4, 0.5) is 5.69 Å². The van der Waals surface area contributed by atoms with Gasteiger partial charge in [-0.2, -0.15) is 0 Å². The van der Waals surface area contributed by atoms with E-state index >= 15 is 0 Å². The molecule has 2 aromatic carbocycles. The lowest BCUT2D eigenvalue weighted by Crippen LogP contribution is -2.33. The van der Waals surface area contributed by atoms with Gasteiger partial charge in [-0.15, -0.1) is 0 Å². The summed E-state index contributed by atoms with van der Waals surface area (Å²) in [5, 5.41) is 9.16. The van der Waals surface area contributed by atoms with Crippen LogP contribution in [-0.2, 0) is 4.79 Å². The average Bonchev–Trinajstić information content (AvgIpc) is 3.46. The van der Waals surface area contributed by atoms with Gasteiger partial charge in [0.25, 0.3) is 5.91 Å². The Balaban J connectivity index is 1.56. The third kappa shape index (κ3) is 5.66. The van der Waals surface area contributed by atoms with E-state index in [1.165, 1.54) is 5.56 Å². The maximum absolute atomic E-state index is 12.4. The van der Waals surface area contributed by atoms with Crippen LogP contribution < -0.4 is 16.0 Å². The third-order valence-electron chi connectivity index (χ3n) is 4.63. The maximum atomic E-state index is 12.4. The smallest absolute Gasteiger partial charge is 0.251 e. The van der Waals surface area contributed by atoms with Crippen LogP contribution in [0.1, 0.15) is 48.7 Å². The van der Waals surface area contributed by atoms with Crippen LogP contribution in [0, 0.1) is 5.92 Å². The van der Waals surface area contributed by atoms with E-state index in [9.17, 15) is 9.59 Å². The lowest BCUT2D eigenvalue weighted by Gasteiger charge is -2.22. The second-order valence-electron chi connectivity index (χ2n) is 7.39. The minimum absolute atomic E-state index is 0.0873. The molecule has 0 aromatic heterocycles. The van der Waals surface area contributed by atoms with Crippen molar-refractivity contribution in [2.24, 2.45) is 5.92 Å². The highest BCUT2D eigenvalue weighted by molar-refractivity contribution is 5.97. The molecule has 1 atom stereocenters. The molecule has 0 bridgehead atoms. The summed E-state index contributed by atoms with van der Waals surface area (Å²) in [5.74, 6) is 0.140. The molecule has 1 saturated carbocycles. The largest absolute Gasteiger partial charge is 0.349 e. The first-order valence-electron chi connectivity index (χ1n) is 9.52. The quantitative estimate of drug-likeness (QED) is 0.670.